The number of benzene rings is 3. The van der Waals surface area contributed by atoms with Gasteiger partial charge in [0.15, 0.2) is 0 Å². The van der Waals surface area contributed by atoms with E-state index in [9.17, 15) is 13.2 Å². The molecule has 8 heteroatoms. The molecule has 1 fully saturated rings. The molecule has 1 saturated heterocycles. The van der Waals surface area contributed by atoms with Gasteiger partial charge < -0.3 is 15.0 Å². The summed E-state index contributed by atoms with van der Waals surface area (Å²) in [5.41, 5.74) is 3.91. The van der Waals surface area contributed by atoms with Crippen LogP contribution < -0.4 is 10.1 Å². The van der Waals surface area contributed by atoms with Crippen molar-refractivity contribution in [2.75, 3.05) is 45.7 Å². The van der Waals surface area contributed by atoms with Crippen LogP contribution in [0.5, 0.6) is 5.75 Å². The van der Waals surface area contributed by atoms with Crippen molar-refractivity contribution in [3.05, 3.63) is 77.9 Å². The first kappa shape index (κ1) is 23.9. The van der Waals surface area contributed by atoms with Crippen molar-refractivity contribution < 1.29 is 17.9 Å². The Morgan fingerprint density at radius 1 is 0.912 bits per heavy atom. The predicted molar refractivity (Wildman–Crippen MR) is 134 cm³/mol. The van der Waals surface area contributed by atoms with E-state index in [1.807, 2.05) is 50.4 Å². The minimum Gasteiger partial charge on any atom is -0.497 e. The number of sulfonamides is 1. The lowest BCUT2D eigenvalue weighted by Crippen LogP contribution is -2.46. The fraction of sp³-hybridized carbons (Fsp3) is 0.269. The smallest absolute Gasteiger partial charge is 0.255 e. The molecule has 178 valence electrons. The van der Waals surface area contributed by atoms with Gasteiger partial charge in [0, 0.05) is 37.4 Å². The van der Waals surface area contributed by atoms with E-state index in [0.29, 0.717) is 37.4 Å². The summed E-state index contributed by atoms with van der Waals surface area (Å²) in [6.45, 7) is 4.28. The molecule has 0 radical (unpaired) electrons. The van der Waals surface area contributed by atoms with Crippen molar-refractivity contribution in [2.24, 2.45) is 0 Å². The summed E-state index contributed by atoms with van der Waals surface area (Å²) in [7, 11) is 0.0607. The molecule has 4 rings (SSSR count). The normalized spacial score (nSPS) is 15.1. The van der Waals surface area contributed by atoms with Gasteiger partial charge in [-0.1, -0.05) is 24.3 Å². The number of hydrogen-bond acceptors (Lipinski definition) is 5. The highest BCUT2D eigenvalue weighted by molar-refractivity contribution is 7.89. The monoisotopic (exact) mass is 479 g/mol. The zero-order chi connectivity index (χ0) is 24.3. The number of amides is 1. The van der Waals surface area contributed by atoms with Crippen LogP contribution in [-0.2, 0) is 10.0 Å². The van der Waals surface area contributed by atoms with E-state index in [-0.39, 0.29) is 10.8 Å². The van der Waals surface area contributed by atoms with Gasteiger partial charge in [-0.15, -0.1) is 0 Å². The third-order valence-corrected chi connectivity index (χ3v) is 8.10. The molecule has 7 nitrogen and oxygen atoms in total. The molecule has 1 amide bonds. The maximum atomic E-state index is 13.0. The molecule has 0 aliphatic carbocycles. The molecule has 0 saturated carbocycles. The number of nitrogens with zero attached hydrogens (tertiary/aromatic N) is 2. The molecule has 3 aromatic carbocycles. The summed E-state index contributed by atoms with van der Waals surface area (Å²) < 4.78 is 32.6. The number of rotatable bonds is 6. The molecule has 0 atom stereocenters. The summed E-state index contributed by atoms with van der Waals surface area (Å²) in [4.78, 5) is 15.4. The first-order valence-electron chi connectivity index (χ1n) is 11.1. The Hall–Kier alpha value is -3.20. The number of carbonyl (C=O) groups is 1. The number of anilines is 1. The second-order valence-corrected chi connectivity index (χ2v) is 10.3. The Bertz CT molecular complexity index is 1260. The highest BCUT2D eigenvalue weighted by Crippen LogP contribution is 2.28. The van der Waals surface area contributed by atoms with Crippen LogP contribution in [0.3, 0.4) is 0 Å². The molecule has 1 heterocycles. The van der Waals surface area contributed by atoms with Gasteiger partial charge in [-0.3, -0.25) is 4.79 Å². The van der Waals surface area contributed by atoms with Crippen molar-refractivity contribution in [3.8, 4) is 16.9 Å². The number of ether oxygens (including phenoxy) is 1. The number of methoxy groups -OCH3 is 1. The van der Waals surface area contributed by atoms with Crippen molar-refractivity contribution in [1.29, 1.82) is 0 Å². The number of piperazine rings is 1. The molecular weight excluding hydrogens is 450 g/mol. The average Bonchev–Trinajstić information content (AvgIpc) is 2.85. The van der Waals surface area contributed by atoms with Crippen LogP contribution in [0.4, 0.5) is 5.69 Å². The highest BCUT2D eigenvalue weighted by atomic mass is 32.2. The Morgan fingerprint density at radius 3 is 2.18 bits per heavy atom. The second-order valence-electron chi connectivity index (χ2n) is 8.39. The van der Waals surface area contributed by atoms with Gasteiger partial charge in [0.2, 0.25) is 10.0 Å². The molecule has 0 aromatic heterocycles. The van der Waals surface area contributed by atoms with Crippen molar-refractivity contribution in [3.63, 3.8) is 0 Å². The molecular formula is C26H29N3O4S. The maximum Gasteiger partial charge on any atom is 0.255 e. The van der Waals surface area contributed by atoms with Crippen LogP contribution in [0.25, 0.3) is 11.1 Å². The lowest BCUT2D eigenvalue weighted by atomic mass is 9.96. The maximum absolute atomic E-state index is 13.0. The average molecular weight is 480 g/mol. The SMILES string of the molecule is COc1ccc(-c2cccc(C(=O)Nc3ccc(S(=O)(=O)N4CCN(C)CC4)cc3)c2C)cc1. The molecule has 0 spiro atoms. The molecule has 0 bridgehead atoms. The van der Waals surface area contributed by atoms with Gasteiger partial charge in [-0.2, -0.15) is 4.31 Å². The quantitative estimate of drug-likeness (QED) is 0.581. The van der Waals surface area contributed by atoms with Gasteiger partial charge in [-0.05, 0) is 73.1 Å². The van der Waals surface area contributed by atoms with Gasteiger partial charge >= 0.3 is 0 Å². The topological polar surface area (TPSA) is 78.9 Å². The molecule has 1 aliphatic heterocycles. The molecule has 1 N–H and O–H groups in total. The van der Waals surface area contributed by atoms with E-state index >= 15 is 0 Å². The fourth-order valence-corrected chi connectivity index (χ4v) is 5.47. The molecule has 34 heavy (non-hydrogen) atoms. The van der Waals surface area contributed by atoms with E-state index in [1.54, 1.807) is 37.4 Å². The van der Waals surface area contributed by atoms with Crippen LogP contribution in [0.15, 0.2) is 71.6 Å². The minimum atomic E-state index is -3.55. The minimum absolute atomic E-state index is 0.229. The fourth-order valence-electron chi connectivity index (χ4n) is 4.05. The Labute approximate surface area is 201 Å². The third kappa shape index (κ3) is 4.99. The second kappa shape index (κ2) is 9.97. The van der Waals surface area contributed by atoms with Crippen LogP contribution in [0.2, 0.25) is 0 Å². The lowest BCUT2D eigenvalue weighted by Gasteiger charge is -2.31. The van der Waals surface area contributed by atoms with Gasteiger partial charge in [0.25, 0.3) is 5.91 Å². The zero-order valence-corrected chi connectivity index (χ0v) is 20.4. The summed E-state index contributed by atoms with van der Waals surface area (Å²) in [6.07, 6.45) is 0. The summed E-state index contributed by atoms with van der Waals surface area (Å²) in [5, 5.41) is 2.89. The van der Waals surface area contributed by atoms with Crippen LogP contribution in [-0.4, -0.2) is 63.9 Å². The first-order valence-corrected chi connectivity index (χ1v) is 12.6. The number of hydrogen-bond donors (Lipinski definition) is 1. The van der Waals surface area contributed by atoms with Crippen LogP contribution in [0.1, 0.15) is 15.9 Å². The van der Waals surface area contributed by atoms with Crippen molar-refractivity contribution >= 4 is 21.6 Å². The molecule has 1 aliphatic rings. The largest absolute Gasteiger partial charge is 0.497 e. The van der Waals surface area contributed by atoms with E-state index < -0.39 is 10.0 Å². The van der Waals surface area contributed by atoms with Crippen LogP contribution in [0, 0.1) is 6.92 Å². The predicted octanol–water partition coefficient (Wildman–Crippen LogP) is 3.86. The zero-order valence-electron chi connectivity index (χ0n) is 19.6. The van der Waals surface area contributed by atoms with E-state index in [0.717, 1.165) is 22.4 Å². The standard InChI is InChI=1S/C26H29N3O4S/c1-19-24(20-7-11-22(33-3)12-8-20)5-4-6-25(19)26(30)27-21-9-13-23(14-10-21)34(31,32)29-17-15-28(2)16-18-29/h4-14H,15-18H2,1-3H3,(H,27,30). The first-order chi connectivity index (χ1) is 16.3. The lowest BCUT2D eigenvalue weighted by molar-refractivity contribution is 0.102. The molecule has 0 unspecified atom stereocenters. The Kier molecular flexibility index (Phi) is 7.02. The highest BCUT2D eigenvalue weighted by Gasteiger charge is 2.27. The summed E-state index contributed by atoms with van der Waals surface area (Å²) in [5.74, 6) is 0.524. The van der Waals surface area contributed by atoms with Crippen molar-refractivity contribution in [1.82, 2.24) is 9.21 Å². The molecule has 3 aromatic rings. The van der Waals surface area contributed by atoms with Gasteiger partial charge in [0.05, 0.1) is 12.0 Å². The van der Waals surface area contributed by atoms with Crippen molar-refractivity contribution in [2.45, 2.75) is 11.8 Å². The van der Waals surface area contributed by atoms with Gasteiger partial charge in [-0.25, -0.2) is 8.42 Å². The van der Waals surface area contributed by atoms with E-state index in [1.165, 1.54) is 4.31 Å². The van der Waals surface area contributed by atoms with Gasteiger partial charge in [0.1, 0.15) is 5.75 Å². The summed E-state index contributed by atoms with van der Waals surface area (Å²) >= 11 is 0. The van der Waals surface area contributed by atoms with Crippen LogP contribution >= 0.6 is 0 Å². The third-order valence-electron chi connectivity index (χ3n) is 6.19. The Balaban J connectivity index is 1.50. The van der Waals surface area contributed by atoms with E-state index in [4.69, 9.17) is 4.74 Å². The number of carbonyl (C=O) groups excluding carboxylic acids is 1. The number of nitrogens with one attached hydrogen (secondary N) is 1. The van der Waals surface area contributed by atoms with E-state index in [2.05, 4.69) is 10.2 Å². The summed E-state index contributed by atoms with van der Waals surface area (Å²) in [6, 6.07) is 19.7. The Morgan fingerprint density at radius 2 is 1.56 bits per heavy atom. The number of likely N-dealkylation sites (N-methyl/N-ethyl adjacent to an activating group) is 1.